The average Bonchev–Trinajstić information content (AvgIpc) is 2.81. The monoisotopic (exact) mass is 324 g/mol. The number of nitrogens with zero attached hydrogens (tertiary/aromatic N) is 2. The van der Waals surface area contributed by atoms with Gasteiger partial charge in [-0.25, -0.2) is 0 Å². The minimum Gasteiger partial charge on any atom is -0.361 e. The first-order valence-electron chi connectivity index (χ1n) is 7.21. The summed E-state index contributed by atoms with van der Waals surface area (Å²) in [6.07, 6.45) is 4.55. The molecule has 2 aromatic rings. The zero-order valence-corrected chi connectivity index (χ0v) is 13.5. The van der Waals surface area contributed by atoms with E-state index in [2.05, 4.69) is 17.1 Å². The van der Waals surface area contributed by atoms with Gasteiger partial charge in [-0.1, -0.05) is 28.4 Å². The molecule has 3 rings (SSSR count). The highest BCUT2D eigenvalue weighted by molar-refractivity contribution is 6.34. The Morgan fingerprint density at radius 1 is 1.10 bits per heavy atom. The quantitative estimate of drug-likeness (QED) is 0.829. The summed E-state index contributed by atoms with van der Waals surface area (Å²) in [5, 5.41) is 5.59. The van der Waals surface area contributed by atoms with Gasteiger partial charge in [0.25, 0.3) is 0 Å². The van der Waals surface area contributed by atoms with E-state index in [0.717, 1.165) is 42.9 Å². The zero-order chi connectivity index (χ0) is 14.8. The molecule has 21 heavy (non-hydrogen) atoms. The fraction of sp³-hybridized carbons (Fsp3) is 0.438. The molecular formula is C16H18Cl2N2O. The van der Waals surface area contributed by atoms with Crippen LogP contribution in [0.1, 0.15) is 35.4 Å². The molecule has 0 N–H and O–H groups in total. The molecule has 0 bridgehead atoms. The van der Waals surface area contributed by atoms with E-state index < -0.39 is 0 Å². The SMILES string of the molecule is CN(Cc1cc(Cl)cc(Cl)c1)Cc1noc2c1CCCC2. The molecule has 0 saturated heterocycles. The fourth-order valence-electron chi connectivity index (χ4n) is 2.90. The van der Waals surface area contributed by atoms with Crippen LogP contribution in [-0.4, -0.2) is 17.1 Å². The first kappa shape index (κ1) is 14.9. The molecule has 0 unspecified atom stereocenters. The molecule has 0 radical (unpaired) electrons. The number of benzene rings is 1. The summed E-state index contributed by atoms with van der Waals surface area (Å²) in [7, 11) is 2.07. The van der Waals surface area contributed by atoms with Gasteiger partial charge in [-0.15, -0.1) is 0 Å². The van der Waals surface area contributed by atoms with Gasteiger partial charge in [-0.3, -0.25) is 4.90 Å². The van der Waals surface area contributed by atoms with Crippen molar-refractivity contribution >= 4 is 23.2 Å². The van der Waals surface area contributed by atoms with E-state index in [9.17, 15) is 0 Å². The number of hydrogen-bond acceptors (Lipinski definition) is 3. The number of halogens is 2. The molecule has 1 aromatic heterocycles. The summed E-state index contributed by atoms with van der Waals surface area (Å²) in [5.41, 5.74) is 3.49. The van der Waals surface area contributed by atoms with Crippen molar-refractivity contribution in [2.75, 3.05) is 7.05 Å². The van der Waals surface area contributed by atoms with Crippen molar-refractivity contribution in [3.63, 3.8) is 0 Å². The Bertz CT molecular complexity index is 619. The Morgan fingerprint density at radius 3 is 2.57 bits per heavy atom. The average molecular weight is 325 g/mol. The van der Waals surface area contributed by atoms with Gasteiger partial charge in [0.1, 0.15) is 11.5 Å². The van der Waals surface area contributed by atoms with Crippen LogP contribution in [0.3, 0.4) is 0 Å². The number of rotatable bonds is 4. The Kier molecular flexibility index (Phi) is 4.53. The minimum atomic E-state index is 0.671. The smallest absolute Gasteiger partial charge is 0.140 e. The van der Waals surface area contributed by atoms with Crippen molar-refractivity contribution in [3.05, 3.63) is 50.8 Å². The van der Waals surface area contributed by atoms with E-state index in [4.69, 9.17) is 27.7 Å². The Labute approximate surface area is 134 Å². The second-order valence-corrected chi connectivity index (χ2v) is 6.56. The van der Waals surface area contributed by atoms with E-state index in [1.165, 1.54) is 18.4 Å². The van der Waals surface area contributed by atoms with Crippen LogP contribution in [0.4, 0.5) is 0 Å². The molecule has 0 aliphatic heterocycles. The van der Waals surface area contributed by atoms with Crippen molar-refractivity contribution in [2.24, 2.45) is 0 Å². The maximum absolute atomic E-state index is 6.04. The van der Waals surface area contributed by atoms with E-state index in [0.29, 0.717) is 10.0 Å². The minimum absolute atomic E-state index is 0.671. The molecule has 112 valence electrons. The van der Waals surface area contributed by atoms with Crippen molar-refractivity contribution in [3.8, 4) is 0 Å². The molecule has 0 atom stereocenters. The Balaban J connectivity index is 1.69. The predicted molar refractivity (Wildman–Crippen MR) is 84.8 cm³/mol. The molecule has 5 heteroatoms. The maximum atomic E-state index is 6.04. The summed E-state index contributed by atoms with van der Waals surface area (Å²) < 4.78 is 5.46. The first-order chi connectivity index (χ1) is 10.1. The number of hydrogen-bond donors (Lipinski definition) is 0. The summed E-state index contributed by atoms with van der Waals surface area (Å²) in [6.45, 7) is 1.56. The van der Waals surface area contributed by atoms with Gasteiger partial charge < -0.3 is 4.52 Å². The maximum Gasteiger partial charge on any atom is 0.140 e. The lowest BCUT2D eigenvalue weighted by molar-refractivity contribution is 0.301. The number of fused-ring (bicyclic) bond motifs is 1. The molecule has 1 aromatic carbocycles. The van der Waals surface area contributed by atoms with Crippen molar-refractivity contribution in [1.29, 1.82) is 0 Å². The highest BCUT2D eigenvalue weighted by Crippen LogP contribution is 2.25. The second-order valence-electron chi connectivity index (χ2n) is 5.69. The summed E-state index contributed by atoms with van der Waals surface area (Å²) in [6, 6.07) is 5.64. The van der Waals surface area contributed by atoms with Gasteiger partial charge in [0.15, 0.2) is 0 Å². The summed E-state index contributed by atoms with van der Waals surface area (Å²) in [5.74, 6) is 1.08. The van der Waals surface area contributed by atoms with Crippen LogP contribution in [-0.2, 0) is 25.9 Å². The normalized spacial score (nSPS) is 14.5. The second kappa shape index (κ2) is 6.39. The van der Waals surface area contributed by atoms with Gasteiger partial charge >= 0.3 is 0 Å². The van der Waals surface area contributed by atoms with Crippen LogP contribution in [0.5, 0.6) is 0 Å². The lowest BCUT2D eigenvalue weighted by Crippen LogP contribution is -2.18. The zero-order valence-electron chi connectivity index (χ0n) is 12.0. The van der Waals surface area contributed by atoms with E-state index in [-0.39, 0.29) is 0 Å². The molecule has 0 saturated carbocycles. The van der Waals surface area contributed by atoms with Crippen molar-refractivity contribution < 1.29 is 4.52 Å². The first-order valence-corrected chi connectivity index (χ1v) is 7.97. The van der Waals surface area contributed by atoms with Gasteiger partial charge in [-0.2, -0.15) is 0 Å². The Hall–Kier alpha value is -1.03. The van der Waals surface area contributed by atoms with Crippen LogP contribution in [0.2, 0.25) is 10.0 Å². The van der Waals surface area contributed by atoms with Gasteiger partial charge in [0.05, 0.1) is 0 Å². The predicted octanol–water partition coefficient (Wildman–Crippen LogP) is 4.49. The molecule has 1 aliphatic rings. The third kappa shape index (κ3) is 3.60. The topological polar surface area (TPSA) is 29.3 Å². The molecule has 1 aliphatic carbocycles. The third-order valence-electron chi connectivity index (χ3n) is 3.83. The highest BCUT2D eigenvalue weighted by atomic mass is 35.5. The van der Waals surface area contributed by atoms with E-state index in [1.807, 2.05) is 12.1 Å². The van der Waals surface area contributed by atoms with Gasteiger partial charge in [0, 0.05) is 35.1 Å². The van der Waals surface area contributed by atoms with Crippen LogP contribution < -0.4 is 0 Å². The highest BCUT2D eigenvalue weighted by Gasteiger charge is 2.20. The van der Waals surface area contributed by atoms with Crippen LogP contribution in [0.25, 0.3) is 0 Å². The van der Waals surface area contributed by atoms with E-state index in [1.54, 1.807) is 6.07 Å². The van der Waals surface area contributed by atoms with Crippen molar-refractivity contribution in [2.45, 2.75) is 38.8 Å². The van der Waals surface area contributed by atoms with Gasteiger partial charge in [0.2, 0.25) is 0 Å². The lowest BCUT2D eigenvalue weighted by Gasteiger charge is -2.17. The number of aromatic nitrogens is 1. The standard InChI is InChI=1S/C16H18Cl2N2O/c1-20(9-11-6-12(17)8-13(18)7-11)10-15-14-4-2-3-5-16(14)21-19-15/h6-8H,2-5,9-10H2,1H3. The van der Waals surface area contributed by atoms with E-state index >= 15 is 0 Å². The molecule has 3 nitrogen and oxygen atoms in total. The van der Waals surface area contributed by atoms with Gasteiger partial charge in [-0.05, 0) is 50.1 Å². The lowest BCUT2D eigenvalue weighted by atomic mass is 9.96. The molecule has 0 fully saturated rings. The largest absolute Gasteiger partial charge is 0.361 e. The van der Waals surface area contributed by atoms with Crippen LogP contribution >= 0.6 is 23.2 Å². The summed E-state index contributed by atoms with van der Waals surface area (Å²) >= 11 is 12.1. The molecule has 0 amide bonds. The fourth-order valence-corrected chi connectivity index (χ4v) is 3.47. The molecular weight excluding hydrogens is 307 g/mol. The van der Waals surface area contributed by atoms with Crippen LogP contribution in [0, 0.1) is 0 Å². The van der Waals surface area contributed by atoms with Crippen LogP contribution in [0.15, 0.2) is 22.7 Å². The summed E-state index contributed by atoms with van der Waals surface area (Å²) in [4.78, 5) is 2.20. The molecule has 1 heterocycles. The third-order valence-corrected chi connectivity index (χ3v) is 4.26. The molecule has 0 spiro atoms. The Morgan fingerprint density at radius 2 is 1.81 bits per heavy atom. The number of aryl methyl sites for hydroxylation is 1. The van der Waals surface area contributed by atoms with Crippen molar-refractivity contribution in [1.82, 2.24) is 10.1 Å².